The summed E-state index contributed by atoms with van der Waals surface area (Å²) in [5, 5.41) is 17.5. The summed E-state index contributed by atoms with van der Waals surface area (Å²) in [6, 6.07) is 2.91. The molecule has 2 aliphatic rings. The number of hydrogen-bond acceptors (Lipinski definition) is 7. The van der Waals surface area contributed by atoms with Gasteiger partial charge in [0.25, 0.3) is 10.0 Å². The van der Waals surface area contributed by atoms with E-state index in [0.29, 0.717) is 32.2 Å². The maximum atomic E-state index is 13.6. The standard InChI is InChI=1S/C32H50N6O7S/c1-23-14-13-19-38(23)28(40)25(16-10-8-6-7-9-15-24-20-32(24,29(41)42)34-22-39)35-30(43)36-26(31(2,3)4)21-37(5)46(44,45)27-17-11-12-18-33-27/h9,11-12,15,17-18,22-26H,6-8,10,13-14,16,19-21H2,1-5H3,(H,34,39)(H,41,42)(H2,35,36,43)/b15-9-/t23?,24?,25-,26?,32+/m0/s1. The van der Waals surface area contributed by atoms with Gasteiger partial charge in [0.2, 0.25) is 12.3 Å². The first kappa shape index (κ1) is 36.9. The summed E-state index contributed by atoms with van der Waals surface area (Å²) in [5.41, 5.74) is -1.70. The van der Waals surface area contributed by atoms with Gasteiger partial charge < -0.3 is 26.0 Å². The van der Waals surface area contributed by atoms with Gasteiger partial charge in [0, 0.05) is 44.3 Å². The third-order valence-corrected chi connectivity index (χ3v) is 10.7. The molecule has 1 saturated carbocycles. The van der Waals surface area contributed by atoms with Crippen molar-refractivity contribution in [3.8, 4) is 0 Å². The normalized spacial score (nSPS) is 22.8. The predicted molar refractivity (Wildman–Crippen MR) is 173 cm³/mol. The minimum atomic E-state index is -3.88. The quantitative estimate of drug-likeness (QED) is 0.112. The van der Waals surface area contributed by atoms with Gasteiger partial charge in [-0.05, 0) is 63.0 Å². The van der Waals surface area contributed by atoms with Crippen LogP contribution in [0.4, 0.5) is 4.79 Å². The third-order valence-electron chi connectivity index (χ3n) is 8.99. The molecule has 1 aromatic rings. The molecular weight excluding hydrogens is 612 g/mol. The number of pyridine rings is 1. The van der Waals surface area contributed by atoms with Gasteiger partial charge in [0.1, 0.15) is 11.6 Å². The van der Waals surface area contributed by atoms with Crippen molar-refractivity contribution >= 4 is 34.3 Å². The van der Waals surface area contributed by atoms with Crippen LogP contribution in [0.15, 0.2) is 41.6 Å². The van der Waals surface area contributed by atoms with Crippen LogP contribution >= 0.6 is 0 Å². The highest BCUT2D eigenvalue weighted by molar-refractivity contribution is 7.89. The van der Waals surface area contributed by atoms with E-state index in [1.54, 1.807) is 12.1 Å². The Morgan fingerprint density at radius 2 is 1.93 bits per heavy atom. The molecule has 0 spiro atoms. The Labute approximate surface area is 272 Å². The van der Waals surface area contributed by atoms with E-state index in [1.807, 2.05) is 44.7 Å². The van der Waals surface area contributed by atoms with Crippen molar-refractivity contribution in [2.45, 2.75) is 108 Å². The second-order valence-corrected chi connectivity index (χ2v) is 15.5. The van der Waals surface area contributed by atoms with Gasteiger partial charge in [-0.15, -0.1) is 0 Å². The van der Waals surface area contributed by atoms with E-state index in [0.717, 1.165) is 32.1 Å². The van der Waals surface area contributed by atoms with Crippen molar-refractivity contribution in [1.82, 2.24) is 30.1 Å². The molecule has 4 amide bonds. The first-order chi connectivity index (χ1) is 21.6. The fourth-order valence-corrected chi connectivity index (χ4v) is 6.88. The molecule has 2 fully saturated rings. The molecule has 0 bridgehead atoms. The first-order valence-corrected chi connectivity index (χ1v) is 17.4. The number of likely N-dealkylation sites (N-methyl/N-ethyl adjacent to an activating group) is 1. The van der Waals surface area contributed by atoms with Gasteiger partial charge in [-0.25, -0.2) is 23.0 Å². The molecule has 4 N–H and O–H groups in total. The fraction of sp³-hybridized carbons (Fsp3) is 0.656. The number of allylic oxidation sites excluding steroid dienone is 1. The summed E-state index contributed by atoms with van der Waals surface area (Å²) in [7, 11) is -2.43. The Balaban J connectivity index is 1.58. The molecule has 256 valence electrons. The molecule has 13 nitrogen and oxygen atoms in total. The van der Waals surface area contributed by atoms with Crippen LogP contribution in [0, 0.1) is 11.3 Å². The zero-order valence-electron chi connectivity index (χ0n) is 27.6. The lowest BCUT2D eigenvalue weighted by molar-refractivity contribution is -0.142. The van der Waals surface area contributed by atoms with Crippen molar-refractivity contribution in [2.75, 3.05) is 20.1 Å². The summed E-state index contributed by atoms with van der Waals surface area (Å²) >= 11 is 0. The minimum absolute atomic E-state index is 0.00473. The second-order valence-electron chi connectivity index (χ2n) is 13.5. The van der Waals surface area contributed by atoms with Crippen LogP contribution in [0.5, 0.6) is 0 Å². The summed E-state index contributed by atoms with van der Waals surface area (Å²) in [5.74, 6) is -1.39. The van der Waals surface area contributed by atoms with E-state index in [2.05, 4.69) is 20.9 Å². The fourth-order valence-electron chi connectivity index (χ4n) is 5.77. The van der Waals surface area contributed by atoms with Gasteiger partial charge in [-0.2, -0.15) is 4.31 Å². The lowest BCUT2D eigenvalue weighted by Gasteiger charge is -2.35. The number of carboxylic acids is 1. The number of sulfonamides is 1. The molecule has 46 heavy (non-hydrogen) atoms. The van der Waals surface area contributed by atoms with Crippen molar-refractivity contribution in [2.24, 2.45) is 11.3 Å². The lowest BCUT2D eigenvalue weighted by atomic mass is 9.87. The molecule has 0 radical (unpaired) electrons. The van der Waals surface area contributed by atoms with Crippen molar-refractivity contribution in [1.29, 1.82) is 0 Å². The van der Waals surface area contributed by atoms with Crippen LogP contribution in [0.1, 0.15) is 79.1 Å². The van der Waals surface area contributed by atoms with Gasteiger partial charge in [-0.3, -0.25) is 9.59 Å². The van der Waals surface area contributed by atoms with Crippen LogP contribution in [-0.2, 0) is 24.4 Å². The van der Waals surface area contributed by atoms with Crippen LogP contribution in [0.2, 0.25) is 0 Å². The molecule has 1 saturated heterocycles. The number of aromatic nitrogens is 1. The van der Waals surface area contributed by atoms with Gasteiger partial charge in [-0.1, -0.05) is 51.8 Å². The molecule has 14 heteroatoms. The number of carbonyl (C=O) groups is 4. The SMILES string of the molecule is CC1CCCN1C(=O)[C@H](CCCCC/C=C\C1C[C@]1(NC=O)C(=O)O)NC(=O)NC(CN(C)S(=O)(=O)c1ccccn1)C(C)(C)C. The number of hydrogen-bond donors (Lipinski definition) is 4. The zero-order chi connectivity index (χ0) is 34.1. The van der Waals surface area contributed by atoms with Gasteiger partial charge >= 0.3 is 12.0 Å². The number of amides is 4. The number of carboxylic acid groups (broad SMARTS) is 1. The number of aliphatic carboxylic acids is 1. The average Bonchev–Trinajstić information content (AvgIpc) is 3.54. The molecule has 1 aliphatic carbocycles. The van der Waals surface area contributed by atoms with Gasteiger partial charge in [0.15, 0.2) is 5.03 Å². The number of likely N-dealkylation sites (tertiary alicyclic amines) is 1. The lowest BCUT2D eigenvalue weighted by Crippen LogP contribution is -2.57. The number of nitrogens with one attached hydrogen (secondary N) is 3. The number of carbonyl (C=O) groups excluding carboxylic acids is 3. The van der Waals surface area contributed by atoms with E-state index < -0.39 is 45.1 Å². The number of nitrogens with zero attached hydrogens (tertiary/aromatic N) is 3. The highest BCUT2D eigenvalue weighted by Gasteiger charge is 2.59. The van der Waals surface area contributed by atoms with E-state index in [9.17, 15) is 32.7 Å². The van der Waals surface area contributed by atoms with Crippen LogP contribution in [-0.4, -0.2) is 95.8 Å². The molecular formula is C32H50N6O7S. The first-order valence-electron chi connectivity index (χ1n) is 16.0. The van der Waals surface area contributed by atoms with Crippen molar-refractivity contribution < 1.29 is 32.7 Å². The average molecular weight is 663 g/mol. The van der Waals surface area contributed by atoms with Gasteiger partial charge in [0.05, 0.1) is 0 Å². The van der Waals surface area contributed by atoms with E-state index in [4.69, 9.17) is 0 Å². The van der Waals surface area contributed by atoms with E-state index >= 15 is 0 Å². The third kappa shape index (κ3) is 9.50. The molecule has 3 unspecified atom stereocenters. The Bertz CT molecular complexity index is 1350. The Hall–Kier alpha value is -3.52. The molecule has 0 aromatic carbocycles. The summed E-state index contributed by atoms with van der Waals surface area (Å²) in [6.45, 7) is 8.38. The summed E-state index contributed by atoms with van der Waals surface area (Å²) in [6.07, 6.45) is 11.3. The van der Waals surface area contributed by atoms with Crippen molar-refractivity contribution in [3.63, 3.8) is 0 Å². The second kappa shape index (κ2) is 15.9. The Kier molecular flexibility index (Phi) is 12.7. The maximum absolute atomic E-state index is 13.6. The Morgan fingerprint density at radius 1 is 1.20 bits per heavy atom. The smallest absolute Gasteiger partial charge is 0.330 e. The van der Waals surface area contributed by atoms with Crippen molar-refractivity contribution in [3.05, 3.63) is 36.5 Å². The topological polar surface area (TPSA) is 178 Å². The largest absolute Gasteiger partial charge is 0.479 e. The summed E-state index contributed by atoms with van der Waals surface area (Å²) in [4.78, 5) is 54.9. The van der Waals surface area contributed by atoms with E-state index in [-0.39, 0.29) is 29.4 Å². The maximum Gasteiger partial charge on any atom is 0.330 e. The number of urea groups is 1. The minimum Gasteiger partial charge on any atom is -0.479 e. The molecule has 1 aromatic heterocycles. The molecule has 2 heterocycles. The predicted octanol–water partition coefficient (Wildman–Crippen LogP) is 2.89. The number of rotatable bonds is 17. The van der Waals surface area contributed by atoms with Crippen LogP contribution in [0.3, 0.4) is 0 Å². The highest BCUT2D eigenvalue weighted by Crippen LogP contribution is 2.44. The monoisotopic (exact) mass is 662 g/mol. The Morgan fingerprint density at radius 3 is 2.52 bits per heavy atom. The zero-order valence-corrected chi connectivity index (χ0v) is 28.4. The van der Waals surface area contributed by atoms with Crippen LogP contribution < -0.4 is 16.0 Å². The van der Waals surface area contributed by atoms with Crippen LogP contribution in [0.25, 0.3) is 0 Å². The summed E-state index contributed by atoms with van der Waals surface area (Å²) < 4.78 is 27.4. The van der Waals surface area contributed by atoms with E-state index in [1.165, 1.54) is 23.6 Å². The number of unbranched alkanes of at least 4 members (excludes halogenated alkanes) is 3. The highest BCUT2D eigenvalue weighted by atomic mass is 32.2. The molecule has 5 atom stereocenters. The molecule has 1 aliphatic heterocycles. The molecule has 3 rings (SSSR count).